The van der Waals surface area contributed by atoms with Gasteiger partial charge in [-0.05, 0) is 37.9 Å². The Morgan fingerprint density at radius 2 is 2.12 bits per heavy atom. The number of rotatable bonds is 6. The third-order valence-electron chi connectivity index (χ3n) is 3.03. The molecule has 1 N–H and O–H groups in total. The van der Waals surface area contributed by atoms with Crippen molar-refractivity contribution in [2.45, 2.75) is 18.9 Å². The van der Waals surface area contributed by atoms with Gasteiger partial charge in [0.25, 0.3) is 0 Å². The summed E-state index contributed by atoms with van der Waals surface area (Å²) in [4.78, 5) is 0. The lowest BCUT2D eigenvalue weighted by atomic mass is 10.2. The van der Waals surface area contributed by atoms with E-state index >= 15 is 0 Å². The van der Waals surface area contributed by atoms with Crippen LogP contribution in [0.5, 0.6) is 11.5 Å². The number of benzene rings is 1. The molecule has 1 aliphatic rings. The van der Waals surface area contributed by atoms with Crippen molar-refractivity contribution >= 4 is 0 Å². The Morgan fingerprint density at radius 1 is 1.38 bits per heavy atom. The van der Waals surface area contributed by atoms with Crippen LogP contribution in [0.2, 0.25) is 0 Å². The van der Waals surface area contributed by atoms with Gasteiger partial charge in [0.2, 0.25) is 0 Å². The van der Waals surface area contributed by atoms with Crippen LogP contribution in [0.15, 0.2) is 24.3 Å². The van der Waals surface area contributed by atoms with E-state index in [1.807, 2.05) is 31.3 Å². The van der Waals surface area contributed by atoms with Gasteiger partial charge in [0.15, 0.2) is 0 Å². The van der Waals surface area contributed by atoms with E-state index in [4.69, 9.17) is 9.47 Å². The minimum Gasteiger partial charge on any atom is -0.497 e. The highest BCUT2D eigenvalue weighted by atomic mass is 16.5. The smallest absolute Gasteiger partial charge is 0.123 e. The summed E-state index contributed by atoms with van der Waals surface area (Å²) in [5.41, 5.74) is 0. The van der Waals surface area contributed by atoms with Gasteiger partial charge in [0.05, 0.1) is 7.11 Å². The van der Waals surface area contributed by atoms with Gasteiger partial charge >= 0.3 is 0 Å². The third-order valence-corrected chi connectivity index (χ3v) is 3.03. The van der Waals surface area contributed by atoms with Crippen LogP contribution in [0, 0.1) is 5.92 Å². The van der Waals surface area contributed by atoms with Crippen molar-refractivity contribution in [1.29, 1.82) is 0 Å². The molecule has 3 nitrogen and oxygen atoms in total. The van der Waals surface area contributed by atoms with E-state index in [2.05, 4.69) is 5.32 Å². The van der Waals surface area contributed by atoms with Crippen LogP contribution < -0.4 is 14.8 Å². The van der Waals surface area contributed by atoms with Crippen LogP contribution >= 0.6 is 0 Å². The molecule has 2 rings (SSSR count). The molecule has 1 aliphatic carbocycles. The van der Waals surface area contributed by atoms with Gasteiger partial charge in [0, 0.05) is 12.1 Å². The Balaban J connectivity index is 1.87. The maximum atomic E-state index is 5.76. The third kappa shape index (κ3) is 2.89. The van der Waals surface area contributed by atoms with E-state index in [1.165, 1.54) is 12.8 Å². The average molecular weight is 221 g/mol. The molecule has 0 aliphatic heterocycles. The number of hydrogen-bond donors (Lipinski definition) is 1. The monoisotopic (exact) mass is 221 g/mol. The molecule has 0 amide bonds. The van der Waals surface area contributed by atoms with Crippen LogP contribution in [0.3, 0.4) is 0 Å². The molecule has 0 spiro atoms. The van der Waals surface area contributed by atoms with E-state index in [0.717, 1.165) is 24.0 Å². The average Bonchev–Trinajstić information content (AvgIpc) is 3.15. The molecule has 3 heteroatoms. The van der Waals surface area contributed by atoms with Gasteiger partial charge in [-0.1, -0.05) is 6.07 Å². The van der Waals surface area contributed by atoms with E-state index in [9.17, 15) is 0 Å². The SMILES string of the molecule is CNC(COc1cccc(OC)c1)C1CC1. The molecule has 1 fully saturated rings. The minimum absolute atomic E-state index is 0.478. The first-order valence-corrected chi connectivity index (χ1v) is 5.77. The first-order valence-electron chi connectivity index (χ1n) is 5.77. The Morgan fingerprint density at radius 3 is 2.75 bits per heavy atom. The summed E-state index contributed by atoms with van der Waals surface area (Å²) >= 11 is 0. The number of ether oxygens (including phenoxy) is 2. The topological polar surface area (TPSA) is 30.5 Å². The number of hydrogen-bond acceptors (Lipinski definition) is 3. The first kappa shape index (κ1) is 11.3. The normalized spacial score (nSPS) is 16.9. The fourth-order valence-electron chi connectivity index (χ4n) is 1.83. The molecule has 88 valence electrons. The fourth-order valence-corrected chi connectivity index (χ4v) is 1.83. The Bertz CT molecular complexity index is 336. The molecular weight excluding hydrogens is 202 g/mol. The van der Waals surface area contributed by atoms with Crippen LogP contribution in [0.1, 0.15) is 12.8 Å². The molecule has 0 aromatic heterocycles. The summed E-state index contributed by atoms with van der Waals surface area (Å²) in [6, 6.07) is 8.22. The van der Waals surface area contributed by atoms with Crippen molar-refractivity contribution in [2.24, 2.45) is 5.92 Å². The van der Waals surface area contributed by atoms with Crippen molar-refractivity contribution in [1.82, 2.24) is 5.32 Å². The molecule has 0 heterocycles. The van der Waals surface area contributed by atoms with E-state index in [0.29, 0.717) is 6.04 Å². The maximum Gasteiger partial charge on any atom is 0.123 e. The van der Waals surface area contributed by atoms with Gasteiger partial charge in [-0.2, -0.15) is 0 Å². The summed E-state index contributed by atoms with van der Waals surface area (Å²) in [5, 5.41) is 3.31. The lowest BCUT2D eigenvalue weighted by Crippen LogP contribution is -2.33. The van der Waals surface area contributed by atoms with Crippen LogP contribution in [-0.2, 0) is 0 Å². The summed E-state index contributed by atoms with van der Waals surface area (Å²) in [5.74, 6) is 2.51. The van der Waals surface area contributed by atoms with Crippen molar-refractivity contribution in [3.63, 3.8) is 0 Å². The summed E-state index contributed by atoms with van der Waals surface area (Å²) < 4.78 is 10.9. The molecule has 1 aromatic rings. The van der Waals surface area contributed by atoms with Crippen LogP contribution in [-0.4, -0.2) is 26.8 Å². The second kappa shape index (κ2) is 5.21. The highest BCUT2D eigenvalue weighted by Gasteiger charge is 2.30. The lowest BCUT2D eigenvalue weighted by molar-refractivity contribution is 0.255. The molecule has 1 aromatic carbocycles. The predicted molar refractivity (Wildman–Crippen MR) is 64.1 cm³/mol. The fraction of sp³-hybridized carbons (Fsp3) is 0.538. The maximum absolute atomic E-state index is 5.76. The van der Waals surface area contributed by atoms with Crippen molar-refractivity contribution in [2.75, 3.05) is 20.8 Å². The second-order valence-corrected chi connectivity index (χ2v) is 4.22. The van der Waals surface area contributed by atoms with Crippen LogP contribution in [0.4, 0.5) is 0 Å². The summed E-state index contributed by atoms with van der Waals surface area (Å²) in [7, 11) is 3.66. The Hall–Kier alpha value is -1.22. The van der Waals surface area contributed by atoms with Crippen molar-refractivity contribution in [3.8, 4) is 11.5 Å². The summed E-state index contributed by atoms with van der Waals surface area (Å²) in [6.07, 6.45) is 2.65. The number of likely N-dealkylation sites (N-methyl/N-ethyl adjacent to an activating group) is 1. The minimum atomic E-state index is 0.478. The quantitative estimate of drug-likeness (QED) is 0.797. The number of methoxy groups -OCH3 is 1. The van der Waals surface area contributed by atoms with Gasteiger partial charge in [-0.3, -0.25) is 0 Å². The molecule has 0 saturated heterocycles. The highest BCUT2D eigenvalue weighted by molar-refractivity contribution is 5.32. The van der Waals surface area contributed by atoms with Gasteiger partial charge in [-0.15, -0.1) is 0 Å². The zero-order valence-corrected chi connectivity index (χ0v) is 9.90. The first-order chi connectivity index (χ1) is 7.83. The Labute approximate surface area is 96.8 Å². The Kier molecular flexibility index (Phi) is 3.67. The lowest BCUT2D eigenvalue weighted by Gasteiger charge is -2.16. The number of nitrogens with one attached hydrogen (secondary N) is 1. The van der Waals surface area contributed by atoms with Gasteiger partial charge in [-0.25, -0.2) is 0 Å². The molecule has 16 heavy (non-hydrogen) atoms. The largest absolute Gasteiger partial charge is 0.497 e. The van der Waals surface area contributed by atoms with E-state index in [1.54, 1.807) is 7.11 Å². The second-order valence-electron chi connectivity index (χ2n) is 4.22. The molecule has 1 atom stereocenters. The molecule has 0 radical (unpaired) electrons. The molecule has 0 bridgehead atoms. The molecule has 1 unspecified atom stereocenters. The van der Waals surface area contributed by atoms with Crippen molar-refractivity contribution < 1.29 is 9.47 Å². The molecule has 1 saturated carbocycles. The highest BCUT2D eigenvalue weighted by Crippen LogP contribution is 2.32. The van der Waals surface area contributed by atoms with Gasteiger partial charge in [0.1, 0.15) is 18.1 Å². The summed E-state index contributed by atoms with van der Waals surface area (Å²) in [6.45, 7) is 0.730. The van der Waals surface area contributed by atoms with Crippen molar-refractivity contribution in [3.05, 3.63) is 24.3 Å². The zero-order valence-electron chi connectivity index (χ0n) is 9.90. The van der Waals surface area contributed by atoms with Crippen LogP contribution in [0.25, 0.3) is 0 Å². The standard InChI is InChI=1S/C13H19NO2/c1-14-13(10-6-7-10)9-16-12-5-3-4-11(8-12)15-2/h3-5,8,10,13-14H,6-7,9H2,1-2H3. The zero-order chi connectivity index (χ0) is 11.4. The van der Waals surface area contributed by atoms with E-state index in [-0.39, 0.29) is 0 Å². The molecular formula is C13H19NO2. The van der Waals surface area contributed by atoms with Gasteiger partial charge < -0.3 is 14.8 Å². The van der Waals surface area contributed by atoms with E-state index < -0.39 is 0 Å². The predicted octanol–water partition coefficient (Wildman–Crippen LogP) is 2.07.